The molecule has 2 aliphatic rings. The Morgan fingerprint density at radius 2 is 1.81 bits per heavy atom. The number of carbonyl (C=O) groups is 2. The van der Waals surface area contributed by atoms with Crippen molar-refractivity contribution < 1.29 is 18.4 Å². The summed E-state index contributed by atoms with van der Waals surface area (Å²) in [6.45, 7) is 1.45. The van der Waals surface area contributed by atoms with Gasteiger partial charge in [-0.2, -0.15) is 0 Å². The van der Waals surface area contributed by atoms with Gasteiger partial charge < -0.3 is 24.5 Å². The van der Waals surface area contributed by atoms with E-state index >= 15 is 0 Å². The van der Waals surface area contributed by atoms with Crippen LogP contribution in [0.5, 0.6) is 0 Å². The lowest BCUT2D eigenvalue weighted by Crippen LogP contribution is -2.50. The highest BCUT2D eigenvalue weighted by Crippen LogP contribution is 2.35. The number of benzene rings is 1. The minimum Gasteiger partial charge on any atom is -0.459 e. The maximum Gasteiger partial charge on any atom is 0.321 e. The first-order valence-electron chi connectivity index (χ1n) is 10.4. The standard InChI is InChI=1S/C23H21FN4O4/c24-16-3-5-17(6-4-16)25-23(31)27-11-14-10-15(13-27)19-8-7-18(22(30)28(19)12-14)26-21(29)20-2-1-9-32-20/h1-9,14-15H,10-13H2,(H,25,31)(H,26,29). The molecule has 2 aliphatic heterocycles. The number of piperidine rings is 1. The molecule has 0 aliphatic carbocycles. The molecule has 4 heterocycles. The van der Waals surface area contributed by atoms with Crippen LogP contribution in [0.2, 0.25) is 0 Å². The first-order chi connectivity index (χ1) is 15.5. The van der Waals surface area contributed by atoms with Gasteiger partial charge in [0.25, 0.3) is 11.5 Å². The molecule has 0 radical (unpaired) electrons. The van der Waals surface area contributed by atoms with Gasteiger partial charge in [-0.1, -0.05) is 0 Å². The van der Waals surface area contributed by atoms with Crippen LogP contribution in [0.3, 0.4) is 0 Å². The van der Waals surface area contributed by atoms with Gasteiger partial charge in [-0.25, -0.2) is 9.18 Å². The van der Waals surface area contributed by atoms with E-state index in [2.05, 4.69) is 10.6 Å². The summed E-state index contributed by atoms with van der Waals surface area (Å²) in [5.41, 5.74) is 1.31. The molecule has 3 amide bonds. The molecule has 1 aromatic carbocycles. The van der Waals surface area contributed by atoms with Gasteiger partial charge in [0.15, 0.2) is 5.76 Å². The van der Waals surface area contributed by atoms with Gasteiger partial charge in [0.2, 0.25) is 0 Å². The van der Waals surface area contributed by atoms with E-state index in [9.17, 15) is 18.8 Å². The van der Waals surface area contributed by atoms with E-state index in [-0.39, 0.29) is 40.7 Å². The minimum absolute atomic E-state index is 0.0176. The summed E-state index contributed by atoms with van der Waals surface area (Å²) in [6, 6.07) is 12.0. The fourth-order valence-corrected chi connectivity index (χ4v) is 4.53. The maximum absolute atomic E-state index is 13.1. The molecule has 2 aromatic heterocycles. The molecule has 1 fully saturated rings. The van der Waals surface area contributed by atoms with Crippen LogP contribution in [-0.2, 0) is 6.54 Å². The molecule has 164 valence electrons. The van der Waals surface area contributed by atoms with Crippen molar-refractivity contribution in [3.63, 3.8) is 0 Å². The van der Waals surface area contributed by atoms with Crippen molar-refractivity contribution in [2.24, 2.45) is 5.92 Å². The fraction of sp³-hybridized carbons (Fsp3) is 0.261. The number of hydrogen-bond acceptors (Lipinski definition) is 4. The van der Waals surface area contributed by atoms with Crippen LogP contribution in [0, 0.1) is 11.7 Å². The van der Waals surface area contributed by atoms with Crippen molar-refractivity contribution >= 4 is 23.3 Å². The average Bonchev–Trinajstić information content (AvgIpc) is 3.32. The number of nitrogens with one attached hydrogen (secondary N) is 2. The number of likely N-dealkylation sites (tertiary alicyclic amines) is 1. The number of urea groups is 1. The van der Waals surface area contributed by atoms with Crippen LogP contribution in [0.15, 0.2) is 64.0 Å². The quantitative estimate of drug-likeness (QED) is 0.657. The topological polar surface area (TPSA) is 96.6 Å². The molecule has 2 bridgehead atoms. The summed E-state index contributed by atoms with van der Waals surface area (Å²) < 4.78 is 19.9. The molecule has 2 unspecified atom stereocenters. The second kappa shape index (κ2) is 7.99. The van der Waals surface area contributed by atoms with Crippen LogP contribution >= 0.6 is 0 Å². The van der Waals surface area contributed by atoms with Crippen molar-refractivity contribution in [3.8, 4) is 0 Å². The summed E-state index contributed by atoms with van der Waals surface area (Å²) in [6.07, 6.45) is 2.28. The van der Waals surface area contributed by atoms with Crippen LogP contribution in [0.4, 0.5) is 20.6 Å². The molecular formula is C23H21FN4O4. The largest absolute Gasteiger partial charge is 0.459 e. The molecule has 5 rings (SSSR count). The molecule has 0 spiro atoms. The average molecular weight is 436 g/mol. The van der Waals surface area contributed by atoms with Crippen molar-refractivity contribution in [2.45, 2.75) is 18.9 Å². The molecule has 3 aromatic rings. The van der Waals surface area contributed by atoms with Crippen molar-refractivity contribution in [1.82, 2.24) is 9.47 Å². The first kappa shape index (κ1) is 20.0. The molecule has 32 heavy (non-hydrogen) atoms. The number of carbonyl (C=O) groups excluding carboxylic acids is 2. The molecule has 9 heteroatoms. The van der Waals surface area contributed by atoms with E-state index in [1.165, 1.54) is 36.6 Å². The van der Waals surface area contributed by atoms with Gasteiger partial charge in [0.05, 0.1) is 6.26 Å². The van der Waals surface area contributed by atoms with Gasteiger partial charge >= 0.3 is 6.03 Å². The van der Waals surface area contributed by atoms with E-state index in [4.69, 9.17) is 4.42 Å². The number of anilines is 2. The maximum atomic E-state index is 13.1. The van der Waals surface area contributed by atoms with Crippen molar-refractivity contribution in [1.29, 1.82) is 0 Å². The van der Waals surface area contributed by atoms with Crippen molar-refractivity contribution in [2.75, 3.05) is 23.7 Å². The third kappa shape index (κ3) is 3.77. The monoisotopic (exact) mass is 436 g/mol. The van der Waals surface area contributed by atoms with E-state index in [1.54, 1.807) is 21.6 Å². The van der Waals surface area contributed by atoms with Crippen LogP contribution in [-0.4, -0.2) is 34.5 Å². The molecule has 1 saturated heterocycles. The second-order valence-electron chi connectivity index (χ2n) is 8.16. The van der Waals surface area contributed by atoms with E-state index in [0.717, 1.165) is 12.1 Å². The van der Waals surface area contributed by atoms with Crippen molar-refractivity contribution in [3.05, 3.63) is 82.4 Å². The van der Waals surface area contributed by atoms with E-state index < -0.39 is 5.91 Å². The SMILES string of the molecule is O=C(Nc1ccc2n(c1=O)CC1CC2CN(C(=O)Nc2ccc(F)cc2)C1)c1ccco1. The Labute approximate surface area is 182 Å². The Morgan fingerprint density at radius 3 is 2.56 bits per heavy atom. The predicted octanol–water partition coefficient (Wildman–Crippen LogP) is 3.48. The smallest absolute Gasteiger partial charge is 0.321 e. The fourth-order valence-electron chi connectivity index (χ4n) is 4.53. The molecule has 0 saturated carbocycles. The number of amides is 3. The number of pyridine rings is 1. The number of fused-ring (bicyclic) bond motifs is 4. The number of halogens is 1. The number of nitrogens with zero attached hydrogens (tertiary/aromatic N) is 2. The van der Waals surface area contributed by atoms with Crippen LogP contribution in [0.1, 0.15) is 28.6 Å². The molecule has 2 atom stereocenters. The Kier molecular flexibility index (Phi) is 5.01. The van der Waals surface area contributed by atoms with Gasteiger partial charge in [0.1, 0.15) is 11.5 Å². The number of rotatable bonds is 3. The number of hydrogen-bond donors (Lipinski definition) is 2. The Balaban J connectivity index is 1.33. The first-order valence-corrected chi connectivity index (χ1v) is 10.4. The molecule has 8 nitrogen and oxygen atoms in total. The normalized spacial score (nSPS) is 19.2. The Morgan fingerprint density at radius 1 is 1.00 bits per heavy atom. The van der Waals surface area contributed by atoms with Crippen LogP contribution < -0.4 is 16.2 Å². The molecule has 2 N–H and O–H groups in total. The predicted molar refractivity (Wildman–Crippen MR) is 115 cm³/mol. The van der Waals surface area contributed by atoms with Gasteiger partial charge in [-0.05, 0) is 60.9 Å². The second-order valence-corrected chi connectivity index (χ2v) is 8.16. The Bertz CT molecular complexity index is 1220. The highest BCUT2D eigenvalue weighted by Gasteiger charge is 2.36. The zero-order chi connectivity index (χ0) is 22.2. The number of furan rings is 1. The van der Waals surface area contributed by atoms with Gasteiger partial charge in [-0.15, -0.1) is 0 Å². The zero-order valence-electron chi connectivity index (χ0n) is 17.1. The van der Waals surface area contributed by atoms with Gasteiger partial charge in [0, 0.05) is 36.9 Å². The summed E-state index contributed by atoms with van der Waals surface area (Å²) in [7, 11) is 0. The highest BCUT2D eigenvalue weighted by atomic mass is 19.1. The Hall–Kier alpha value is -3.88. The lowest BCUT2D eigenvalue weighted by Gasteiger charge is -2.42. The van der Waals surface area contributed by atoms with E-state index in [1.807, 2.05) is 6.07 Å². The summed E-state index contributed by atoms with van der Waals surface area (Å²) in [5, 5.41) is 5.42. The van der Waals surface area contributed by atoms with E-state index in [0.29, 0.717) is 25.3 Å². The summed E-state index contributed by atoms with van der Waals surface area (Å²) in [4.78, 5) is 39.8. The zero-order valence-corrected chi connectivity index (χ0v) is 17.1. The third-order valence-electron chi connectivity index (χ3n) is 5.98. The number of aromatic nitrogens is 1. The lowest BCUT2D eigenvalue weighted by molar-refractivity contribution is 0.0996. The van der Waals surface area contributed by atoms with Crippen LogP contribution in [0.25, 0.3) is 0 Å². The summed E-state index contributed by atoms with van der Waals surface area (Å²) in [5.74, 6) is -0.575. The third-order valence-corrected chi connectivity index (χ3v) is 5.98. The molecular weight excluding hydrogens is 415 g/mol. The minimum atomic E-state index is -0.479. The summed E-state index contributed by atoms with van der Waals surface area (Å²) >= 11 is 0. The lowest BCUT2D eigenvalue weighted by atomic mass is 9.83. The van der Waals surface area contributed by atoms with Gasteiger partial charge in [-0.3, -0.25) is 9.59 Å². The highest BCUT2D eigenvalue weighted by molar-refractivity contribution is 6.02.